The lowest BCUT2D eigenvalue weighted by molar-refractivity contribution is -0.118. The molecule has 2 fully saturated rings. The summed E-state index contributed by atoms with van der Waals surface area (Å²) in [5.74, 6) is -1.34. The minimum absolute atomic E-state index is 0.0814. The van der Waals surface area contributed by atoms with Crippen molar-refractivity contribution in [3.05, 3.63) is 84.2 Å². The van der Waals surface area contributed by atoms with Crippen LogP contribution in [0.15, 0.2) is 87.6 Å². The number of aliphatic imine (C=N–C) groups is 1. The number of morpholine rings is 1. The van der Waals surface area contributed by atoms with Gasteiger partial charge in [-0.15, -0.1) is 0 Å². The summed E-state index contributed by atoms with van der Waals surface area (Å²) in [6.45, 7) is 0.255. The Hall–Kier alpha value is -3.09. The zero-order valence-electron chi connectivity index (χ0n) is 25.5. The molecule has 1 saturated carbocycles. The van der Waals surface area contributed by atoms with Crippen molar-refractivity contribution in [1.82, 2.24) is 13.3 Å². The van der Waals surface area contributed by atoms with E-state index in [0.717, 1.165) is 36.4 Å². The first-order chi connectivity index (χ1) is 22.3. The van der Waals surface area contributed by atoms with E-state index in [4.69, 9.17) is 4.74 Å². The van der Waals surface area contributed by atoms with Gasteiger partial charge in [-0.2, -0.15) is 4.31 Å². The van der Waals surface area contributed by atoms with Crippen LogP contribution in [0.1, 0.15) is 37.7 Å². The highest BCUT2D eigenvalue weighted by molar-refractivity contribution is 7.95. The Morgan fingerprint density at radius 1 is 0.894 bits per heavy atom. The van der Waals surface area contributed by atoms with Gasteiger partial charge in [-0.05, 0) is 79.1 Å². The normalized spacial score (nSPS) is 19.6. The number of hydrogen-bond donors (Lipinski definition) is 2. The van der Waals surface area contributed by atoms with Crippen molar-refractivity contribution < 1.29 is 39.5 Å². The van der Waals surface area contributed by atoms with Crippen LogP contribution in [0.3, 0.4) is 0 Å². The lowest BCUT2D eigenvalue weighted by Crippen LogP contribution is -2.42. The number of allylic oxidation sites excluding steroid dienone is 4. The molecule has 1 amide bonds. The zero-order chi connectivity index (χ0) is 33.7. The van der Waals surface area contributed by atoms with Gasteiger partial charge in [-0.25, -0.2) is 39.5 Å². The van der Waals surface area contributed by atoms with Crippen LogP contribution in [0.5, 0.6) is 0 Å². The van der Waals surface area contributed by atoms with Crippen molar-refractivity contribution in [2.75, 3.05) is 32.8 Å². The molecule has 0 aromatic heterocycles. The van der Waals surface area contributed by atoms with Crippen LogP contribution < -0.4 is 4.72 Å². The van der Waals surface area contributed by atoms with Crippen LogP contribution in [0.25, 0.3) is 0 Å². The standard InChI is InChI=1S/C31H37FN4O8S3/c32-25-8-6-24(7-9-25)22-36(23-31(37)33-26-10-12-29(13-11-26)46(40,41)35-18-20-44-21-19-35)47(42,43)30-16-14-28(15-17-30)45(38,39)34-27-4-2-1-3-5-27/h6-17,27,34H,1-5,18-23H2,(H,40,41). The molecule has 3 aliphatic rings. The van der Waals surface area contributed by atoms with E-state index >= 15 is 0 Å². The molecule has 47 heavy (non-hydrogen) atoms. The predicted molar refractivity (Wildman–Crippen MR) is 177 cm³/mol. The Kier molecular flexibility index (Phi) is 11.2. The Bertz CT molecular complexity index is 1870. The van der Waals surface area contributed by atoms with Crippen molar-refractivity contribution in [2.24, 2.45) is 4.99 Å². The summed E-state index contributed by atoms with van der Waals surface area (Å²) >= 11 is 0. The van der Waals surface area contributed by atoms with E-state index in [-0.39, 0.29) is 46.0 Å². The van der Waals surface area contributed by atoms with Gasteiger partial charge in [-0.1, -0.05) is 31.4 Å². The topological polar surface area (TPSA) is 163 Å². The summed E-state index contributed by atoms with van der Waals surface area (Å²) in [4.78, 5) is 16.9. The first-order valence-electron chi connectivity index (χ1n) is 15.2. The molecule has 0 radical (unpaired) electrons. The third-order valence-electron chi connectivity index (χ3n) is 8.00. The molecular formula is C31H37FN4O8S3. The molecular weight excluding hydrogens is 672 g/mol. The monoisotopic (exact) mass is 708 g/mol. The number of benzene rings is 2. The first kappa shape index (κ1) is 35.2. The number of halogens is 1. The molecule has 1 heterocycles. The molecule has 1 atom stereocenters. The molecule has 2 aromatic rings. The average molecular weight is 709 g/mol. The highest BCUT2D eigenvalue weighted by Crippen LogP contribution is 2.23. The van der Waals surface area contributed by atoms with Crippen molar-refractivity contribution in [3.63, 3.8) is 0 Å². The van der Waals surface area contributed by atoms with Crippen LogP contribution in [-0.2, 0) is 46.1 Å². The van der Waals surface area contributed by atoms with Crippen LogP contribution in [-0.4, -0.2) is 89.6 Å². The van der Waals surface area contributed by atoms with Crippen LogP contribution >= 0.6 is 0 Å². The third kappa shape index (κ3) is 8.88. The van der Waals surface area contributed by atoms with E-state index in [1.807, 2.05) is 0 Å². The number of nitrogens with one attached hydrogen (secondary N) is 1. The number of amides is 1. The Morgan fingerprint density at radius 2 is 1.49 bits per heavy atom. The summed E-state index contributed by atoms with van der Waals surface area (Å²) < 4.78 is 101. The minimum Gasteiger partial charge on any atom is -0.379 e. The SMILES string of the molecule is O=C(CN(Cc1ccc(F)cc1)S(=O)(=O)c1ccc(S(=O)(=O)NC2CCCCC2)cc1)N=C1C=CC(=S(=O)(O)N2CCOCC2)C=C1. The maximum atomic E-state index is 13.8. The highest BCUT2D eigenvalue weighted by Gasteiger charge is 2.29. The molecule has 2 aromatic carbocycles. The number of nitrogens with zero attached hydrogens (tertiary/aromatic N) is 3. The Balaban J connectivity index is 1.35. The first-order valence-corrected chi connectivity index (χ1v) is 19.6. The molecule has 1 saturated heterocycles. The number of rotatable bonds is 10. The molecule has 1 aliphatic heterocycles. The summed E-state index contributed by atoms with van der Waals surface area (Å²) in [5.41, 5.74) is 0.555. The van der Waals surface area contributed by atoms with Gasteiger partial charge in [0.25, 0.3) is 5.91 Å². The zero-order valence-corrected chi connectivity index (χ0v) is 28.0. The summed E-state index contributed by atoms with van der Waals surface area (Å²) in [7, 11) is -11.8. The van der Waals surface area contributed by atoms with E-state index in [2.05, 4.69) is 9.71 Å². The second kappa shape index (κ2) is 15.0. The van der Waals surface area contributed by atoms with Crippen molar-refractivity contribution in [1.29, 1.82) is 0 Å². The predicted octanol–water partition coefficient (Wildman–Crippen LogP) is 2.90. The van der Waals surface area contributed by atoms with Crippen LogP contribution in [0.2, 0.25) is 0 Å². The molecule has 0 spiro atoms. The molecule has 1 unspecified atom stereocenters. The molecule has 12 nitrogen and oxygen atoms in total. The number of hydrogen-bond acceptors (Lipinski definition) is 7. The Labute approximate surface area is 275 Å². The summed E-state index contributed by atoms with van der Waals surface area (Å²) in [6, 6.07) is 9.71. The lowest BCUT2D eigenvalue weighted by Gasteiger charge is -2.28. The number of ether oxygens (including phenoxy) is 1. The smallest absolute Gasteiger partial charge is 0.261 e. The van der Waals surface area contributed by atoms with Gasteiger partial charge in [0.15, 0.2) is 9.99 Å². The Morgan fingerprint density at radius 3 is 2.11 bits per heavy atom. The van der Waals surface area contributed by atoms with Crippen molar-refractivity contribution in [3.8, 4) is 0 Å². The summed E-state index contributed by atoms with van der Waals surface area (Å²) in [5, 5.41) is 0. The van der Waals surface area contributed by atoms with Crippen molar-refractivity contribution >= 4 is 46.5 Å². The quantitative estimate of drug-likeness (QED) is 0.356. The van der Waals surface area contributed by atoms with Gasteiger partial charge in [0.05, 0.1) is 40.1 Å². The fourth-order valence-electron chi connectivity index (χ4n) is 5.44. The van der Waals surface area contributed by atoms with E-state index < -0.39 is 48.3 Å². The molecule has 16 heteroatoms. The van der Waals surface area contributed by atoms with Gasteiger partial charge in [-0.3, -0.25) is 4.79 Å². The molecule has 5 rings (SSSR count). The van der Waals surface area contributed by atoms with Crippen LogP contribution in [0.4, 0.5) is 4.39 Å². The van der Waals surface area contributed by atoms with Gasteiger partial charge in [0.2, 0.25) is 20.0 Å². The average Bonchev–Trinajstić information content (AvgIpc) is 3.06. The van der Waals surface area contributed by atoms with Gasteiger partial charge >= 0.3 is 0 Å². The van der Waals surface area contributed by atoms with Gasteiger partial charge in [0.1, 0.15) is 5.82 Å². The molecule has 2 N–H and O–H groups in total. The third-order valence-corrected chi connectivity index (χ3v) is 13.3. The second-order valence-electron chi connectivity index (χ2n) is 11.4. The largest absolute Gasteiger partial charge is 0.379 e. The van der Waals surface area contributed by atoms with Crippen molar-refractivity contribution in [2.45, 2.75) is 54.5 Å². The fraction of sp³-hybridized carbons (Fsp3) is 0.387. The molecule has 0 bridgehead atoms. The van der Waals surface area contributed by atoms with Gasteiger partial charge in [0, 0.05) is 25.7 Å². The lowest BCUT2D eigenvalue weighted by atomic mass is 9.96. The summed E-state index contributed by atoms with van der Waals surface area (Å²) in [6.07, 6.45) is 9.96. The molecule has 254 valence electrons. The van der Waals surface area contributed by atoms with Gasteiger partial charge < -0.3 is 9.29 Å². The van der Waals surface area contributed by atoms with E-state index in [0.29, 0.717) is 18.8 Å². The second-order valence-corrected chi connectivity index (χ2v) is 17.0. The van der Waals surface area contributed by atoms with Crippen LogP contribution in [0, 0.1) is 5.82 Å². The maximum absolute atomic E-state index is 13.8. The van der Waals surface area contributed by atoms with E-state index in [1.165, 1.54) is 77.1 Å². The highest BCUT2D eigenvalue weighted by atomic mass is 32.2. The number of sulfonamides is 2. The minimum atomic E-state index is -4.37. The van der Waals surface area contributed by atoms with E-state index in [1.54, 1.807) is 0 Å². The fourth-order valence-corrected chi connectivity index (χ4v) is 9.55. The molecule has 2 aliphatic carbocycles. The van der Waals surface area contributed by atoms with E-state index in [9.17, 15) is 34.8 Å². The number of carbonyl (C=O) groups is 1. The maximum Gasteiger partial charge on any atom is 0.261 e. The number of carbonyl (C=O) groups excluding carboxylic acids is 1.